The van der Waals surface area contributed by atoms with Crippen molar-refractivity contribution >= 4 is 16.6 Å². The number of amides is 1. The molecular weight excluding hydrogens is 132 g/mol. The minimum Gasteiger partial charge on any atom is -0.262 e. The summed E-state index contributed by atoms with van der Waals surface area (Å²) in [6.45, 7) is 0. The van der Waals surface area contributed by atoms with Crippen LogP contribution in [-0.4, -0.2) is 21.9 Å². The van der Waals surface area contributed by atoms with Crippen LogP contribution in [0.15, 0.2) is 0 Å². The first-order valence-electron chi connectivity index (χ1n) is 1.70. The predicted molar refractivity (Wildman–Crippen MR) is 26.8 cm³/mol. The van der Waals surface area contributed by atoms with Crippen LogP contribution in [0.25, 0.3) is 0 Å². The van der Waals surface area contributed by atoms with Crippen molar-refractivity contribution in [3.8, 4) is 0 Å². The normalized spacial score (nSPS) is 10.6. The van der Waals surface area contributed by atoms with Gasteiger partial charge in [-0.25, -0.2) is 9.44 Å². The fraction of sp³-hybridized carbons (Fsp3) is 0.500. The number of carbonyl (C=O) groups excluding carboxylic acids is 1. The van der Waals surface area contributed by atoms with Crippen LogP contribution in [0.2, 0.25) is 0 Å². The summed E-state index contributed by atoms with van der Waals surface area (Å²) in [6.07, 6.45) is 1.01. The summed E-state index contributed by atoms with van der Waals surface area (Å²) in [5.74, 6) is 0. The van der Waals surface area contributed by atoms with Crippen LogP contribution >= 0.6 is 0 Å². The maximum absolute atomic E-state index is 10.1. The van der Waals surface area contributed by atoms with E-state index in [9.17, 15) is 13.2 Å². The second-order valence-corrected chi connectivity index (χ2v) is 2.53. The van der Waals surface area contributed by atoms with Crippen LogP contribution in [0.5, 0.6) is 0 Å². The lowest BCUT2D eigenvalue weighted by Gasteiger charge is -1.93. The van der Waals surface area contributed by atoms with E-state index in [2.05, 4.69) is 0 Å². The Labute approximate surface area is 47.3 Å². The van der Waals surface area contributed by atoms with Gasteiger partial charge in [-0.15, -0.1) is 0 Å². The average Bonchev–Trinajstić information content (AvgIpc) is 1.67. The minimum absolute atomic E-state index is 1.01. The van der Waals surface area contributed by atoms with Crippen molar-refractivity contribution in [2.75, 3.05) is 7.05 Å². The molecule has 0 spiro atoms. The van der Waals surface area contributed by atoms with Crippen LogP contribution in [0.4, 0.5) is 0 Å². The highest BCUT2D eigenvalue weighted by atomic mass is 32.2. The van der Waals surface area contributed by atoms with E-state index in [0.29, 0.717) is 0 Å². The molecule has 8 heavy (non-hydrogen) atoms. The summed E-state index contributed by atoms with van der Waals surface area (Å²) >= 11 is 0. The van der Waals surface area contributed by atoms with E-state index in [0.717, 1.165) is 6.41 Å². The van der Waals surface area contributed by atoms with Gasteiger partial charge in [0, 0.05) is 7.05 Å². The first-order valence-corrected chi connectivity index (χ1v) is 3.18. The topological polar surface area (TPSA) is 75.3 Å². The molecule has 0 heterocycles. The van der Waals surface area contributed by atoms with Crippen molar-refractivity contribution in [3.63, 3.8) is 0 Å². The van der Waals surface area contributed by atoms with Gasteiger partial charge in [-0.3, -0.25) is 4.79 Å². The zero-order chi connectivity index (χ0) is 6.62. The first kappa shape index (κ1) is 7.38. The highest BCUT2D eigenvalue weighted by molar-refractivity contribution is 7.88. The van der Waals surface area contributed by atoms with Crippen LogP contribution in [0.1, 0.15) is 0 Å². The summed E-state index contributed by atoms with van der Waals surface area (Å²) in [5, 5.41) is 0. The van der Waals surface area contributed by atoms with Crippen LogP contribution in [0, 0.1) is 0 Å². The first-order chi connectivity index (χ1) is 3.62. The zero-order valence-electron chi connectivity index (χ0n) is 4.13. The van der Waals surface area contributed by atoms with E-state index in [-0.39, 0.29) is 0 Å². The number of nitrogens with one attached hydrogen (secondary N) is 2. The molecule has 0 aromatic heterocycles. The Bertz CT molecular complexity index is 160. The Balaban J connectivity index is 3.94. The number of hydrogen-bond donors (Lipinski definition) is 2. The zero-order valence-corrected chi connectivity index (χ0v) is 4.95. The van der Waals surface area contributed by atoms with Gasteiger partial charge in [-0.05, 0) is 0 Å². The molecule has 47 valence electrons. The molecule has 0 saturated carbocycles. The molecule has 1 amide bonds. The average molecular weight is 137 g/mol. The van der Waals surface area contributed by atoms with Gasteiger partial charge >= 0.3 is 16.6 Å². The van der Waals surface area contributed by atoms with Gasteiger partial charge in [0.2, 0.25) is 0 Å². The fourth-order valence-electron chi connectivity index (χ4n) is 0.106. The molecule has 0 unspecified atom stereocenters. The lowest BCUT2D eigenvalue weighted by Crippen LogP contribution is -2.32. The summed E-state index contributed by atoms with van der Waals surface area (Å²) in [6, 6.07) is 0. The van der Waals surface area contributed by atoms with E-state index >= 15 is 0 Å². The molecule has 0 atom stereocenters. The minimum atomic E-state index is -3.59. The lowest BCUT2D eigenvalue weighted by atomic mass is 11.5. The van der Waals surface area contributed by atoms with Gasteiger partial charge in [0.15, 0.2) is 0 Å². The summed E-state index contributed by atoms with van der Waals surface area (Å²) < 4.78 is 23.5. The van der Waals surface area contributed by atoms with E-state index < -0.39 is 10.2 Å². The number of rotatable bonds is 3. The Kier molecular flexibility index (Phi) is 2.43. The largest absolute Gasteiger partial charge is 0.324 e. The Hall–Kier alpha value is -0.620. The maximum Gasteiger partial charge on any atom is 0.324 e. The van der Waals surface area contributed by atoms with Crippen molar-refractivity contribution in [2.45, 2.75) is 0 Å². The summed E-state index contributed by atoms with van der Waals surface area (Å²) in [7, 11) is -2.41. The van der Waals surface area contributed by atoms with Gasteiger partial charge in [-0.1, -0.05) is 0 Å². The second-order valence-electron chi connectivity index (χ2n) is 0.912. The lowest BCUT2D eigenvalue weighted by molar-refractivity contribution is 0.545. The van der Waals surface area contributed by atoms with Gasteiger partial charge in [0.1, 0.15) is 0 Å². The molecule has 0 aliphatic carbocycles. The third kappa shape index (κ3) is 2.54. The predicted octanol–water partition coefficient (Wildman–Crippen LogP) is -1.89. The van der Waals surface area contributed by atoms with Crippen molar-refractivity contribution < 1.29 is 13.2 Å². The monoisotopic (exact) mass is 137 g/mol. The molecule has 5 nitrogen and oxygen atoms in total. The molecule has 0 bridgehead atoms. The molecule has 1 radical (unpaired) electrons. The maximum atomic E-state index is 10.1. The quantitative estimate of drug-likeness (QED) is 0.446. The highest BCUT2D eigenvalue weighted by Gasteiger charge is 2.00. The van der Waals surface area contributed by atoms with Crippen molar-refractivity contribution in [1.29, 1.82) is 0 Å². The van der Waals surface area contributed by atoms with Crippen molar-refractivity contribution in [2.24, 2.45) is 0 Å². The van der Waals surface area contributed by atoms with Crippen LogP contribution in [0.3, 0.4) is 0 Å². The SMILES string of the molecule is CNS(=O)(=O)N[C]=O. The van der Waals surface area contributed by atoms with Gasteiger partial charge in [0.25, 0.3) is 0 Å². The molecule has 0 fully saturated rings. The molecule has 2 N–H and O–H groups in total. The molecule has 0 aromatic rings. The third-order valence-corrected chi connectivity index (χ3v) is 1.33. The molecule has 0 saturated heterocycles. The van der Waals surface area contributed by atoms with E-state index in [4.69, 9.17) is 0 Å². The molecule has 0 aromatic carbocycles. The number of hydrogen-bond acceptors (Lipinski definition) is 3. The van der Waals surface area contributed by atoms with Crippen molar-refractivity contribution in [3.05, 3.63) is 0 Å². The molecule has 6 heteroatoms. The van der Waals surface area contributed by atoms with Gasteiger partial charge < -0.3 is 0 Å². The summed E-state index contributed by atoms with van der Waals surface area (Å²) in [5.41, 5.74) is 0. The van der Waals surface area contributed by atoms with Crippen molar-refractivity contribution in [1.82, 2.24) is 9.44 Å². The summed E-state index contributed by atoms with van der Waals surface area (Å²) in [4.78, 5) is 9.32. The standard InChI is InChI=1S/C2H5N2O3S/c1-3-8(6,7)4-2-5/h3H,1H3,(H,4,5). The highest BCUT2D eigenvalue weighted by Crippen LogP contribution is 1.64. The Morgan fingerprint density at radius 3 is 2.12 bits per heavy atom. The third-order valence-electron chi connectivity index (χ3n) is 0.445. The van der Waals surface area contributed by atoms with Gasteiger partial charge in [0.05, 0.1) is 0 Å². The fourth-order valence-corrected chi connectivity index (χ4v) is 0.318. The van der Waals surface area contributed by atoms with Gasteiger partial charge in [-0.2, -0.15) is 8.42 Å². The Morgan fingerprint density at radius 1 is 1.50 bits per heavy atom. The molecule has 0 aliphatic heterocycles. The van der Waals surface area contributed by atoms with E-state index in [1.54, 1.807) is 0 Å². The second kappa shape index (κ2) is 2.63. The smallest absolute Gasteiger partial charge is 0.262 e. The van der Waals surface area contributed by atoms with E-state index in [1.807, 2.05) is 4.72 Å². The van der Waals surface area contributed by atoms with Crippen LogP contribution in [-0.2, 0) is 15.0 Å². The molecule has 0 rings (SSSR count). The van der Waals surface area contributed by atoms with E-state index in [1.165, 1.54) is 11.8 Å². The van der Waals surface area contributed by atoms with Crippen LogP contribution < -0.4 is 9.44 Å². The molecule has 0 aliphatic rings. The molecular formula is C2H5N2O3S. The Morgan fingerprint density at radius 2 is 2.00 bits per heavy atom.